The summed E-state index contributed by atoms with van der Waals surface area (Å²) in [5.41, 5.74) is 0. The fraction of sp³-hybridized carbons (Fsp3) is 0.955. The van der Waals surface area contributed by atoms with Gasteiger partial charge in [-0.2, -0.15) is 0 Å². The van der Waals surface area contributed by atoms with Crippen molar-refractivity contribution >= 4 is 17.6 Å². The fourth-order valence-electron chi connectivity index (χ4n) is 3.39. The van der Waals surface area contributed by atoms with E-state index >= 15 is 0 Å². The van der Waals surface area contributed by atoms with Crippen LogP contribution in [0.1, 0.15) is 61.7 Å². The molecule has 10 nitrogen and oxygen atoms in total. The molecule has 2 radical (unpaired) electrons. The van der Waals surface area contributed by atoms with Gasteiger partial charge < -0.3 is 4.43 Å². The summed E-state index contributed by atoms with van der Waals surface area (Å²) in [6, 6.07) is 1.93. The average molecular weight is 573 g/mol. The normalized spacial score (nSPS) is 24.9. The third-order valence-electron chi connectivity index (χ3n) is 6.29. The molecule has 201 valence electrons. The minimum atomic E-state index is -3.97. The van der Waals surface area contributed by atoms with Crippen LogP contribution in [0, 0.1) is 23.2 Å². The predicted octanol–water partition coefficient (Wildman–Crippen LogP) is 4.37. The van der Waals surface area contributed by atoms with Crippen molar-refractivity contribution in [1.29, 1.82) is 5.26 Å². The van der Waals surface area contributed by atoms with E-state index in [-0.39, 0.29) is 37.7 Å². The topological polar surface area (TPSA) is 121 Å². The summed E-state index contributed by atoms with van der Waals surface area (Å²) in [5.74, 6) is 1.16. The molecule has 0 saturated carbocycles. The van der Waals surface area contributed by atoms with Crippen molar-refractivity contribution in [2.24, 2.45) is 15.8 Å². The van der Waals surface area contributed by atoms with Crippen LogP contribution in [0.3, 0.4) is 0 Å². The van der Waals surface area contributed by atoms with Gasteiger partial charge in [0.05, 0.1) is 0 Å². The van der Waals surface area contributed by atoms with Crippen LogP contribution in [-0.2, 0) is 49.4 Å². The first-order valence-corrected chi connectivity index (χ1v) is 15.2. The number of ether oxygens (including phenoxy) is 1. The van der Waals surface area contributed by atoms with Gasteiger partial charge in [-0.3, -0.25) is 0 Å². The van der Waals surface area contributed by atoms with E-state index in [2.05, 4.69) is 43.9 Å². The number of rotatable bonds is 21. The van der Waals surface area contributed by atoms with E-state index in [0.717, 1.165) is 19.4 Å². The summed E-state index contributed by atoms with van der Waals surface area (Å²) < 4.78 is 52.4. The van der Waals surface area contributed by atoms with Crippen molar-refractivity contribution in [3.63, 3.8) is 0 Å². The molecule has 1 saturated heterocycles. The Labute approximate surface area is 224 Å². The van der Waals surface area contributed by atoms with Crippen molar-refractivity contribution in [3.8, 4) is 6.07 Å². The quantitative estimate of drug-likeness (QED) is 0.0925. The second-order valence-corrected chi connectivity index (χ2v) is 12.4. The molecular weight excluding hydrogens is 528 g/mol. The number of nitrogens with zero attached hydrogens (tertiary/aromatic N) is 2. The summed E-state index contributed by atoms with van der Waals surface area (Å²) in [6.45, 7) is 12.4. The Balaban J connectivity index is 2.41. The maximum atomic E-state index is 13.2. The van der Waals surface area contributed by atoms with E-state index in [9.17, 15) is 4.57 Å². The molecule has 1 heterocycles. The Bertz CT molecular complexity index is 724. The van der Waals surface area contributed by atoms with Crippen molar-refractivity contribution in [1.82, 2.24) is 5.32 Å². The maximum absolute atomic E-state index is 13.2. The molecule has 0 aliphatic carbocycles. The van der Waals surface area contributed by atoms with Gasteiger partial charge in [0.15, 0.2) is 0 Å². The molecule has 1 fully saturated rings. The third-order valence-corrected chi connectivity index (χ3v) is 9.86. The van der Waals surface area contributed by atoms with Gasteiger partial charge in [-0.05, 0) is 23.3 Å². The number of nitriles is 1. The molecule has 0 aromatic rings. The van der Waals surface area contributed by atoms with Gasteiger partial charge in [0, 0.05) is 6.61 Å². The Hall–Kier alpha value is 0.0413. The molecule has 0 aromatic carbocycles. The summed E-state index contributed by atoms with van der Waals surface area (Å²) in [4.78, 5) is 4.98. The van der Waals surface area contributed by atoms with Crippen LogP contribution in [0.5, 0.6) is 0 Å². The molecule has 1 aliphatic rings. The summed E-state index contributed by atoms with van der Waals surface area (Å²) in [6.07, 6.45) is 0.875. The molecule has 6 unspecified atom stereocenters. The summed E-state index contributed by atoms with van der Waals surface area (Å²) in [7, 11) is -3.51. The number of phosphoric ester groups is 1. The first kappa shape index (κ1) is 31.3. The third kappa shape index (κ3) is 12.4. The molecule has 0 spiro atoms. The zero-order valence-electron chi connectivity index (χ0n) is 22.6. The van der Waals surface area contributed by atoms with E-state index in [1.54, 1.807) is 0 Å². The molecular formula is C22H42N3O7PSiV. The fourth-order valence-corrected chi connectivity index (χ4v) is 6.07. The van der Waals surface area contributed by atoms with Gasteiger partial charge in [-0.15, -0.1) is 0 Å². The average Bonchev–Trinajstić information content (AvgIpc) is 3.18. The van der Waals surface area contributed by atoms with Gasteiger partial charge in [0.25, 0.3) is 0 Å². The van der Waals surface area contributed by atoms with Crippen LogP contribution in [0.15, 0.2) is 3.95 Å². The second-order valence-electron chi connectivity index (χ2n) is 8.92. The number of phosphoric acid groups is 1. The molecule has 6 atom stereocenters. The number of hydrogen-bond acceptors (Lipinski definition) is 10. The molecule has 1 N–H and O–H groups in total. The molecule has 0 bridgehead atoms. The van der Waals surface area contributed by atoms with Crippen molar-refractivity contribution in [2.45, 2.75) is 77.5 Å². The van der Waals surface area contributed by atoms with E-state index in [1.165, 1.54) is 0 Å². The molecule has 1 aliphatic heterocycles. The van der Waals surface area contributed by atoms with Crippen LogP contribution < -0.4 is 5.32 Å². The van der Waals surface area contributed by atoms with E-state index in [4.69, 9.17) is 34.2 Å². The monoisotopic (exact) mass is 572 g/mol. The van der Waals surface area contributed by atoms with Gasteiger partial charge in [-0.1, -0.05) is 41.0 Å². The predicted molar refractivity (Wildman–Crippen MR) is 129 cm³/mol. The Morgan fingerprint density at radius 2 is 2.09 bits per heavy atom. The Kier molecular flexibility index (Phi) is 16.4. The van der Waals surface area contributed by atoms with Gasteiger partial charge in [0.2, 0.25) is 9.76 Å². The Morgan fingerprint density at radius 1 is 1.34 bits per heavy atom. The van der Waals surface area contributed by atoms with Crippen LogP contribution >= 0.6 is 7.82 Å². The number of nitrogens with one attached hydrogen (secondary N) is 1. The molecule has 0 amide bonds. The Morgan fingerprint density at radius 3 is 2.74 bits per heavy atom. The minimum absolute atomic E-state index is 0.0456. The standard InChI is InChI=1S/C22H42N3O7PSi.V/c1-6-19(4)22(5,18(2)3)34-31-14-8-11-25-12-16-30-33(26,29-13-7-10-23)32-20-9-15-27-21(20)17-28-24;/h18-21,25H,6-9,11-17H2,1-5H3;/i15T;. The van der Waals surface area contributed by atoms with Crippen molar-refractivity contribution in [2.75, 3.05) is 46.1 Å². The zero-order chi connectivity index (χ0) is 27.0. The van der Waals surface area contributed by atoms with Gasteiger partial charge >= 0.3 is 139 Å². The van der Waals surface area contributed by atoms with Gasteiger partial charge in [-0.25, -0.2) is 0 Å². The van der Waals surface area contributed by atoms with E-state index < -0.39 is 26.6 Å². The second kappa shape index (κ2) is 18.3. The summed E-state index contributed by atoms with van der Waals surface area (Å²) in [5, 5.41) is 12.2. The first-order chi connectivity index (χ1) is 17.1. The zero-order valence-corrected chi connectivity index (χ0v) is 24.9. The SMILES string of the molecule is [3H]C1CC(OP(=O)(OCCC#N)OCCNCCCO[Si]C(C)(C(C)C)C(C)CC)C(CO[N]=[V])O1. The molecule has 1 rings (SSSR count). The summed E-state index contributed by atoms with van der Waals surface area (Å²) >= 11 is 1.92. The molecule has 35 heavy (non-hydrogen) atoms. The molecule has 13 heteroatoms. The number of hydrogen-bond donors (Lipinski definition) is 1. The van der Waals surface area contributed by atoms with Crippen LogP contribution in [0.4, 0.5) is 0 Å². The van der Waals surface area contributed by atoms with Crippen LogP contribution in [-0.4, -0.2) is 68.1 Å². The van der Waals surface area contributed by atoms with Crippen LogP contribution in [0.25, 0.3) is 0 Å². The van der Waals surface area contributed by atoms with Crippen molar-refractivity contribution < 1.29 is 50.7 Å². The van der Waals surface area contributed by atoms with E-state index in [1.807, 2.05) is 23.3 Å². The van der Waals surface area contributed by atoms with Gasteiger partial charge in [0.1, 0.15) is 0 Å². The molecule has 0 aromatic heterocycles. The van der Waals surface area contributed by atoms with Crippen LogP contribution in [0.2, 0.25) is 5.04 Å². The first-order valence-electron chi connectivity index (χ1n) is 12.8. The van der Waals surface area contributed by atoms with E-state index in [0.29, 0.717) is 34.8 Å². The van der Waals surface area contributed by atoms with Crippen molar-refractivity contribution in [3.05, 3.63) is 0 Å².